The molecule has 3 aromatic rings. The summed E-state index contributed by atoms with van der Waals surface area (Å²) in [6.45, 7) is 3.91. The molecule has 2 aromatic heterocycles. The number of thiophene rings is 1. The summed E-state index contributed by atoms with van der Waals surface area (Å²) in [5.41, 5.74) is 0.350. The second-order valence-electron chi connectivity index (χ2n) is 5.79. The number of carbonyl (C=O) groups is 1. The minimum Gasteiger partial charge on any atom is -0.353 e. The van der Waals surface area contributed by atoms with Crippen LogP contribution in [0.25, 0.3) is 15.9 Å². The molecule has 0 fully saturated rings. The number of fused-ring (bicyclic) bond motifs is 1. The Kier molecular flexibility index (Phi) is 5.73. The third-order valence-corrected chi connectivity index (χ3v) is 5.72. The highest BCUT2D eigenvalue weighted by molar-refractivity contribution is 7.99. The van der Waals surface area contributed by atoms with Gasteiger partial charge in [0.05, 0.1) is 17.0 Å². The lowest BCUT2D eigenvalue weighted by atomic mass is 10.3. The lowest BCUT2D eigenvalue weighted by Crippen LogP contribution is -2.33. The van der Waals surface area contributed by atoms with Crippen LogP contribution in [0.2, 0.25) is 0 Å². The van der Waals surface area contributed by atoms with Crippen LogP contribution in [0.3, 0.4) is 0 Å². The standard InChI is InChI=1S/C18H18FN3O2S2/c1-3-11(2)20-15(23)10-26-18-21-13-8-9-25-16(13)17(24)22(18)14-7-5-4-6-12(14)19/h4-9,11H,3,10H2,1-2H3,(H,20,23). The van der Waals surface area contributed by atoms with Crippen molar-refractivity contribution in [3.05, 3.63) is 51.9 Å². The van der Waals surface area contributed by atoms with Crippen molar-refractivity contribution in [3.63, 3.8) is 0 Å². The van der Waals surface area contributed by atoms with Crippen LogP contribution in [0, 0.1) is 5.82 Å². The van der Waals surface area contributed by atoms with E-state index in [1.165, 1.54) is 28.0 Å². The summed E-state index contributed by atoms with van der Waals surface area (Å²) in [6, 6.07) is 7.87. The van der Waals surface area contributed by atoms with Crippen LogP contribution in [0.1, 0.15) is 20.3 Å². The van der Waals surface area contributed by atoms with Crippen molar-refractivity contribution in [3.8, 4) is 5.69 Å². The summed E-state index contributed by atoms with van der Waals surface area (Å²) in [7, 11) is 0. The van der Waals surface area contributed by atoms with Gasteiger partial charge in [-0.25, -0.2) is 9.37 Å². The fourth-order valence-electron chi connectivity index (χ4n) is 2.38. The highest BCUT2D eigenvalue weighted by Gasteiger charge is 2.18. The number of nitrogens with one attached hydrogen (secondary N) is 1. The lowest BCUT2D eigenvalue weighted by Gasteiger charge is -2.14. The Balaban J connectivity index is 2.01. The van der Waals surface area contributed by atoms with E-state index in [1.54, 1.807) is 23.6 Å². The largest absolute Gasteiger partial charge is 0.353 e. The predicted octanol–water partition coefficient (Wildman–Crippen LogP) is 3.59. The number of halogens is 1. The molecule has 1 amide bonds. The summed E-state index contributed by atoms with van der Waals surface area (Å²) in [4.78, 5) is 29.4. The molecule has 2 heterocycles. The van der Waals surface area contributed by atoms with Gasteiger partial charge in [-0.3, -0.25) is 14.2 Å². The first-order valence-corrected chi connectivity index (χ1v) is 10.0. The minimum absolute atomic E-state index is 0.0733. The summed E-state index contributed by atoms with van der Waals surface area (Å²) >= 11 is 2.39. The number of nitrogens with zero attached hydrogens (tertiary/aromatic N) is 2. The molecule has 1 atom stereocenters. The number of thioether (sulfide) groups is 1. The van der Waals surface area contributed by atoms with Gasteiger partial charge in [0, 0.05) is 6.04 Å². The molecular formula is C18H18FN3O2S2. The number of aromatic nitrogens is 2. The van der Waals surface area contributed by atoms with Gasteiger partial charge in [-0.2, -0.15) is 0 Å². The van der Waals surface area contributed by atoms with Gasteiger partial charge in [0.2, 0.25) is 5.91 Å². The topological polar surface area (TPSA) is 64.0 Å². The summed E-state index contributed by atoms with van der Waals surface area (Å²) in [5.74, 6) is -0.566. The molecule has 0 spiro atoms. The van der Waals surface area contributed by atoms with Crippen molar-refractivity contribution in [2.45, 2.75) is 31.5 Å². The van der Waals surface area contributed by atoms with Gasteiger partial charge in [-0.1, -0.05) is 30.8 Å². The number of hydrogen-bond donors (Lipinski definition) is 1. The van der Waals surface area contributed by atoms with Gasteiger partial charge in [-0.15, -0.1) is 11.3 Å². The zero-order chi connectivity index (χ0) is 18.7. The normalized spacial score (nSPS) is 12.3. The minimum atomic E-state index is -0.516. The molecule has 0 bridgehead atoms. The van der Waals surface area contributed by atoms with Crippen LogP contribution < -0.4 is 10.9 Å². The van der Waals surface area contributed by atoms with E-state index < -0.39 is 5.82 Å². The first-order valence-electron chi connectivity index (χ1n) is 8.18. The van der Waals surface area contributed by atoms with E-state index in [0.29, 0.717) is 15.4 Å². The summed E-state index contributed by atoms with van der Waals surface area (Å²) in [5, 5.41) is 4.94. The fourth-order valence-corrected chi connectivity index (χ4v) is 3.96. The molecular weight excluding hydrogens is 373 g/mol. The Labute approximate surface area is 158 Å². The van der Waals surface area contributed by atoms with E-state index in [9.17, 15) is 14.0 Å². The molecule has 0 saturated heterocycles. The maximum Gasteiger partial charge on any atom is 0.276 e. The molecule has 3 rings (SSSR count). The van der Waals surface area contributed by atoms with E-state index in [-0.39, 0.29) is 28.9 Å². The number of amides is 1. The molecule has 26 heavy (non-hydrogen) atoms. The zero-order valence-electron chi connectivity index (χ0n) is 14.4. The maximum atomic E-state index is 14.3. The molecule has 0 saturated carbocycles. The Morgan fingerprint density at radius 3 is 2.88 bits per heavy atom. The monoisotopic (exact) mass is 391 g/mol. The van der Waals surface area contributed by atoms with Gasteiger partial charge in [0.1, 0.15) is 10.5 Å². The van der Waals surface area contributed by atoms with Gasteiger partial charge in [0.25, 0.3) is 5.56 Å². The molecule has 8 heteroatoms. The van der Waals surface area contributed by atoms with Crippen molar-refractivity contribution in [1.82, 2.24) is 14.9 Å². The number of carbonyl (C=O) groups excluding carboxylic acids is 1. The summed E-state index contributed by atoms with van der Waals surface area (Å²) in [6.07, 6.45) is 0.829. The number of para-hydroxylation sites is 1. The van der Waals surface area contributed by atoms with Crippen molar-refractivity contribution >= 4 is 39.2 Å². The summed E-state index contributed by atoms with van der Waals surface area (Å²) < 4.78 is 16.0. The average molecular weight is 391 g/mol. The predicted molar refractivity (Wildman–Crippen MR) is 104 cm³/mol. The molecule has 1 N–H and O–H groups in total. The molecule has 1 aromatic carbocycles. The maximum absolute atomic E-state index is 14.3. The lowest BCUT2D eigenvalue weighted by molar-refractivity contribution is -0.119. The Hall–Kier alpha value is -2.19. The molecule has 136 valence electrons. The Bertz CT molecular complexity index is 1000. The first-order chi connectivity index (χ1) is 12.5. The van der Waals surface area contributed by atoms with Crippen molar-refractivity contribution in [1.29, 1.82) is 0 Å². The zero-order valence-corrected chi connectivity index (χ0v) is 16.0. The van der Waals surface area contributed by atoms with E-state index in [0.717, 1.165) is 18.2 Å². The third kappa shape index (κ3) is 3.81. The molecule has 1 unspecified atom stereocenters. The van der Waals surface area contributed by atoms with Gasteiger partial charge in [-0.05, 0) is 36.9 Å². The number of rotatable bonds is 6. The van der Waals surface area contributed by atoms with Crippen LogP contribution in [-0.2, 0) is 4.79 Å². The molecule has 0 aliphatic rings. The van der Waals surface area contributed by atoms with Crippen LogP contribution in [-0.4, -0.2) is 27.3 Å². The number of hydrogen-bond acceptors (Lipinski definition) is 5. The average Bonchev–Trinajstić information content (AvgIpc) is 3.10. The molecule has 0 aliphatic carbocycles. The highest BCUT2D eigenvalue weighted by atomic mass is 32.2. The molecule has 0 radical (unpaired) electrons. The molecule has 5 nitrogen and oxygen atoms in total. The Morgan fingerprint density at radius 2 is 2.15 bits per heavy atom. The van der Waals surface area contributed by atoms with Crippen LogP contribution in [0.4, 0.5) is 4.39 Å². The molecule has 0 aliphatic heterocycles. The fraction of sp³-hybridized carbons (Fsp3) is 0.278. The van der Waals surface area contributed by atoms with E-state index in [2.05, 4.69) is 10.3 Å². The van der Waals surface area contributed by atoms with Crippen LogP contribution in [0.5, 0.6) is 0 Å². The first kappa shape index (κ1) is 18.6. The van der Waals surface area contributed by atoms with Gasteiger partial charge < -0.3 is 5.32 Å². The van der Waals surface area contributed by atoms with E-state index in [1.807, 2.05) is 13.8 Å². The second-order valence-corrected chi connectivity index (χ2v) is 7.65. The second kappa shape index (κ2) is 8.01. The van der Waals surface area contributed by atoms with Crippen molar-refractivity contribution in [2.24, 2.45) is 0 Å². The quantitative estimate of drug-likeness (QED) is 0.515. The van der Waals surface area contributed by atoms with Crippen LogP contribution >= 0.6 is 23.1 Å². The van der Waals surface area contributed by atoms with E-state index >= 15 is 0 Å². The Morgan fingerprint density at radius 1 is 1.38 bits per heavy atom. The van der Waals surface area contributed by atoms with Crippen molar-refractivity contribution < 1.29 is 9.18 Å². The third-order valence-electron chi connectivity index (χ3n) is 3.89. The smallest absolute Gasteiger partial charge is 0.276 e. The van der Waals surface area contributed by atoms with Crippen molar-refractivity contribution in [2.75, 3.05) is 5.75 Å². The SMILES string of the molecule is CCC(C)NC(=O)CSc1nc2ccsc2c(=O)n1-c1ccccc1F. The van der Waals surface area contributed by atoms with Gasteiger partial charge >= 0.3 is 0 Å². The van der Waals surface area contributed by atoms with Gasteiger partial charge in [0.15, 0.2) is 5.16 Å². The van der Waals surface area contributed by atoms with Crippen LogP contribution in [0.15, 0.2) is 45.7 Å². The highest BCUT2D eigenvalue weighted by Crippen LogP contribution is 2.24. The van der Waals surface area contributed by atoms with E-state index in [4.69, 9.17) is 0 Å². The number of benzene rings is 1.